The number of carbonyl (C=O) groups excluding carboxylic acids is 1. The normalized spacial score (nSPS) is 23.2. The molecular formula is C19H27N3O4S2. The zero-order chi connectivity index (χ0) is 20.5. The van der Waals surface area contributed by atoms with Crippen molar-refractivity contribution in [2.24, 2.45) is 11.8 Å². The van der Waals surface area contributed by atoms with E-state index in [-0.39, 0.29) is 22.6 Å². The predicted molar refractivity (Wildman–Crippen MR) is 110 cm³/mol. The molecule has 1 N–H and O–H groups in total. The molecule has 1 aromatic carbocycles. The lowest BCUT2D eigenvalue weighted by Gasteiger charge is -2.34. The van der Waals surface area contributed by atoms with E-state index >= 15 is 0 Å². The summed E-state index contributed by atoms with van der Waals surface area (Å²) >= 11 is 1.21. The highest BCUT2D eigenvalue weighted by Gasteiger charge is 2.28. The Morgan fingerprint density at radius 2 is 2.07 bits per heavy atom. The van der Waals surface area contributed by atoms with Crippen LogP contribution in [-0.2, 0) is 14.8 Å². The SMILES string of the molecule is C[C@@H]1[C@H](C)CCC[C@@H]1NC(=O)CSc1nc2cc(S(=O)(=O)N(C)C)ccc2o1. The van der Waals surface area contributed by atoms with Crippen LogP contribution in [0.5, 0.6) is 0 Å². The Labute approximate surface area is 170 Å². The first kappa shape index (κ1) is 21.1. The van der Waals surface area contributed by atoms with Gasteiger partial charge in [-0.05, 0) is 36.5 Å². The lowest BCUT2D eigenvalue weighted by molar-refractivity contribution is -0.120. The van der Waals surface area contributed by atoms with Crippen LogP contribution in [0.2, 0.25) is 0 Å². The second-order valence-corrected chi connectivity index (χ2v) is 10.7. The highest BCUT2D eigenvalue weighted by molar-refractivity contribution is 7.99. The molecule has 1 aromatic heterocycles. The van der Waals surface area contributed by atoms with Crippen LogP contribution in [0.25, 0.3) is 11.1 Å². The molecular weight excluding hydrogens is 398 g/mol. The van der Waals surface area contributed by atoms with E-state index in [1.165, 1.54) is 44.4 Å². The van der Waals surface area contributed by atoms with Gasteiger partial charge in [0, 0.05) is 20.1 Å². The first-order chi connectivity index (χ1) is 13.2. The predicted octanol–water partition coefficient (Wildman–Crippen LogP) is 3.11. The molecule has 1 amide bonds. The maximum Gasteiger partial charge on any atom is 0.257 e. The summed E-state index contributed by atoms with van der Waals surface area (Å²) in [5.41, 5.74) is 0.955. The molecule has 3 atom stereocenters. The summed E-state index contributed by atoms with van der Waals surface area (Å²) in [7, 11) is -0.566. The summed E-state index contributed by atoms with van der Waals surface area (Å²) in [6.45, 7) is 4.43. The van der Waals surface area contributed by atoms with Crippen LogP contribution >= 0.6 is 11.8 Å². The topological polar surface area (TPSA) is 92.5 Å². The van der Waals surface area contributed by atoms with Crippen molar-refractivity contribution in [2.45, 2.75) is 49.3 Å². The Kier molecular flexibility index (Phi) is 6.36. The van der Waals surface area contributed by atoms with Crippen LogP contribution in [0.15, 0.2) is 32.7 Å². The van der Waals surface area contributed by atoms with Crippen LogP contribution in [0, 0.1) is 11.8 Å². The summed E-state index contributed by atoms with van der Waals surface area (Å²) in [5, 5.41) is 3.49. The van der Waals surface area contributed by atoms with E-state index in [1.807, 2.05) is 0 Å². The highest BCUT2D eigenvalue weighted by atomic mass is 32.2. The van der Waals surface area contributed by atoms with E-state index in [9.17, 15) is 13.2 Å². The number of hydrogen-bond acceptors (Lipinski definition) is 6. The van der Waals surface area contributed by atoms with Gasteiger partial charge in [0.05, 0.1) is 10.6 Å². The first-order valence-corrected chi connectivity index (χ1v) is 11.9. The number of aromatic nitrogens is 1. The molecule has 9 heteroatoms. The highest BCUT2D eigenvalue weighted by Crippen LogP contribution is 2.30. The number of rotatable bonds is 6. The van der Waals surface area contributed by atoms with Gasteiger partial charge in [0.2, 0.25) is 15.9 Å². The zero-order valence-corrected chi connectivity index (χ0v) is 18.3. The largest absolute Gasteiger partial charge is 0.431 e. The third kappa shape index (κ3) is 4.52. The van der Waals surface area contributed by atoms with Gasteiger partial charge < -0.3 is 9.73 Å². The van der Waals surface area contributed by atoms with Crippen LogP contribution in [0.3, 0.4) is 0 Å². The Bertz CT molecular complexity index is 955. The van der Waals surface area contributed by atoms with Crippen molar-refractivity contribution < 1.29 is 17.6 Å². The van der Waals surface area contributed by atoms with Gasteiger partial charge in [0.25, 0.3) is 5.22 Å². The number of amides is 1. The molecule has 3 rings (SSSR count). The van der Waals surface area contributed by atoms with Crippen molar-refractivity contribution in [3.05, 3.63) is 18.2 Å². The number of thioether (sulfide) groups is 1. The molecule has 0 saturated heterocycles. The van der Waals surface area contributed by atoms with Gasteiger partial charge >= 0.3 is 0 Å². The van der Waals surface area contributed by atoms with Crippen molar-refractivity contribution >= 4 is 38.8 Å². The summed E-state index contributed by atoms with van der Waals surface area (Å²) in [6.07, 6.45) is 3.39. The minimum atomic E-state index is -3.53. The van der Waals surface area contributed by atoms with Gasteiger partial charge in [-0.2, -0.15) is 0 Å². The summed E-state index contributed by atoms with van der Waals surface area (Å²) < 4.78 is 31.3. The molecule has 0 bridgehead atoms. The van der Waals surface area contributed by atoms with E-state index in [1.54, 1.807) is 6.07 Å². The van der Waals surface area contributed by atoms with Crippen molar-refractivity contribution in [3.8, 4) is 0 Å². The fraction of sp³-hybridized carbons (Fsp3) is 0.579. The Hall–Kier alpha value is -1.58. The van der Waals surface area contributed by atoms with Gasteiger partial charge in [-0.3, -0.25) is 4.79 Å². The standard InChI is InChI=1S/C19H27N3O4S2/c1-12-6-5-7-15(13(12)2)20-18(23)11-27-19-21-16-10-14(8-9-17(16)26-19)28(24,25)22(3)4/h8-10,12-13,15H,5-7,11H2,1-4H3,(H,20,23)/t12-,13-,15+/m1/s1. The molecule has 1 aliphatic rings. The monoisotopic (exact) mass is 425 g/mol. The molecule has 154 valence electrons. The molecule has 7 nitrogen and oxygen atoms in total. The van der Waals surface area contributed by atoms with Gasteiger partial charge in [0.15, 0.2) is 5.58 Å². The van der Waals surface area contributed by atoms with Gasteiger partial charge in [-0.15, -0.1) is 0 Å². The third-order valence-electron chi connectivity index (χ3n) is 5.50. The number of hydrogen-bond donors (Lipinski definition) is 1. The van der Waals surface area contributed by atoms with Crippen LogP contribution in [-0.4, -0.2) is 49.5 Å². The van der Waals surface area contributed by atoms with Crippen molar-refractivity contribution in [3.63, 3.8) is 0 Å². The first-order valence-electron chi connectivity index (χ1n) is 9.43. The van der Waals surface area contributed by atoms with Crippen LogP contribution < -0.4 is 5.32 Å². The van der Waals surface area contributed by atoms with E-state index in [4.69, 9.17) is 4.42 Å². The second-order valence-electron chi connectivity index (χ2n) is 7.63. The molecule has 0 radical (unpaired) electrons. The summed E-state index contributed by atoms with van der Waals surface area (Å²) in [6, 6.07) is 4.80. The summed E-state index contributed by atoms with van der Waals surface area (Å²) in [5.74, 6) is 1.28. The average molecular weight is 426 g/mol. The van der Waals surface area contributed by atoms with E-state index in [0.29, 0.717) is 28.2 Å². The number of benzene rings is 1. The second kappa shape index (κ2) is 8.42. The number of sulfonamides is 1. The maximum atomic E-state index is 12.3. The molecule has 1 aliphatic carbocycles. The molecule has 28 heavy (non-hydrogen) atoms. The Balaban J connectivity index is 1.64. The number of carbonyl (C=O) groups is 1. The molecule has 1 saturated carbocycles. The van der Waals surface area contributed by atoms with E-state index < -0.39 is 10.0 Å². The number of nitrogens with zero attached hydrogens (tertiary/aromatic N) is 2. The van der Waals surface area contributed by atoms with Crippen molar-refractivity contribution in [1.82, 2.24) is 14.6 Å². The van der Waals surface area contributed by atoms with Gasteiger partial charge in [0.1, 0.15) is 5.52 Å². The Morgan fingerprint density at radius 3 is 2.79 bits per heavy atom. The fourth-order valence-corrected chi connectivity index (χ4v) is 5.05. The van der Waals surface area contributed by atoms with Crippen LogP contribution in [0.4, 0.5) is 0 Å². The lowest BCUT2D eigenvalue weighted by Crippen LogP contribution is -2.44. The third-order valence-corrected chi connectivity index (χ3v) is 8.14. The lowest BCUT2D eigenvalue weighted by atomic mass is 9.78. The van der Waals surface area contributed by atoms with Crippen molar-refractivity contribution in [1.29, 1.82) is 0 Å². The molecule has 0 aliphatic heterocycles. The fourth-order valence-electron chi connectivity index (χ4n) is 3.48. The van der Waals surface area contributed by atoms with E-state index in [0.717, 1.165) is 17.1 Å². The molecule has 1 heterocycles. The molecule has 1 fully saturated rings. The number of nitrogens with one attached hydrogen (secondary N) is 1. The smallest absolute Gasteiger partial charge is 0.257 e. The zero-order valence-electron chi connectivity index (χ0n) is 16.6. The quantitative estimate of drug-likeness (QED) is 0.715. The Morgan fingerprint density at radius 1 is 1.32 bits per heavy atom. The number of fused-ring (bicyclic) bond motifs is 1. The molecule has 0 unspecified atom stereocenters. The van der Waals surface area contributed by atoms with Crippen LogP contribution in [0.1, 0.15) is 33.1 Å². The minimum absolute atomic E-state index is 0.0333. The van der Waals surface area contributed by atoms with Gasteiger partial charge in [-0.1, -0.05) is 38.5 Å². The summed E-state index contributed by atoms with van der Waals surface area (Å²) in [4.78, 5) is 16.8. The number of oxazole rings is 1. The molecule has 2 aromatic rings. The van der Waals surface area contributed by atoms with Gasteiger partial charge in [-0.25, -0.2) is 17.7 Å². The maximum absolute atomic E-state index is 12.3. The molecule has 0 spiro atoms. The van der Waals surface area contributed by atoms with E-state index in [2.05, 4.69) is 24.1 Å². The minimum Gasteiger partial charge on any atom is -0.431 e. The van der Waals surface area contributed by atoms with Crippen molar-refractivity contribution in [2.75, 3.05) is 19.8 Å². The average Bonchev–Trinajstić information content (AvgIpc) is 3.06.